The number of sulfone groups is 1. The van der Waals surface area contributed by atoms with E-state index < -0.39 is 9.84 Å². The Balaban J connectivity index is 2.14. The third kappa shape index (κ3) is 5.58. The van der Waals surface area contributed by atoms with Crippen LogP contribution in [0.15, 0.2) is 11.4 Å². The summed E-state index contributed by atoms with van der Waals surface area (Å²) in [5, 5.41) is 0.177. The van der Waals surface area contributed by atoms with E-state index in [0.717, 1.165) is 31.7 Å². The van der Waals surface area contributed by atoms with Gasteiger partial charge in [0.15, 0.2) is 0 Å². The average Bonchev–Trinajstić information content (AvgIpc) is 2.85. The Morgan fingerprint density at radius 1 is 1.17 bits per heavy atom. The lowest BCUT2D eigenvalue weighted by molar-refractivity contribution is 0.187. The molecule has 2 heterocycles. The minimum absolute atomic E-state index is 0.177. The molecule has 1 aromatic heterocycles. The number of rotatable bonds is 7. The highest BCUT2D eigenvalue weighted by atomic mass is 32.2. The van der Waals surface area contributed by atoms with Gasteiger partial charge in [-0.15, -0.1) is 0 Å². The molecule has 1 aromatic rings. The first-order valence-electron chi connectivity index (χ1n) is 8.48. The van der Waals surface area contributed by atoms with Crippen molar-refractivity contribution in [3.05, 3.63) is 11.9 Å². The molecule has 1 saturated heterocycles. The van der Waals surface area contributed by atoms with Crippen LogP contribution in [0.25, 0.3) is 0 Å². The first-order valence-corrected chi connectivity index (χ1v) is 10.4. The van der Waals surface area contributed by atoms with Crippen LogP contribution in [-0.4, -0.2) is 55.9 Å². The molecule has 6 nitrogen and oxygen atoms in total. The summed E-state index contributed by atoms with van der Waals surface area (Å²) >= 11 is 0. The van der Waals surface area contributed by atoms with Gasteiger partial charge in [-0.3, -0.25) is 4.90 Å². The Kier molecular flexibility index (Phi) is 7.05. The number of methoxy groups -OCH3 is 1. The second-order valence-electron chi connectivity index (χ2n) is 6.35. The molecule has 0 atom stereocenters. The van der Waals surface area contributed by atoms with Crippen molar-refractivity contribution in [1.82, 2.24) is 14.5 Å². The molecule has 0 unspecified atom stereocenters. The van der Waals surface area contributed by atoms with Crippen molar-refractivity contribution in [3.63, 3.8) is 0 Å². The fraction of sp³-hybridized carbons (Fsp3) is 0.812. The number of nitrogens with zero attached hydrogens (tertiary/aromatic N) is 3. The molecular formula is C16H29N3O3S. The molecule has 1 aliphatic heterocycles. The maximum atomic E-state index is 12.0. The van der Waals surface area contributed by atoms with E-state index >= 15 is 0 Å². The molecule has 0 radical (unpaired) electrons. The van der Waals surface area contributed by atoms with Gasteiger partial charge in [-0.1, -0.05) is 19.3 Å². The lowest BCUT2D eigenvalue weighted by atomic mass is 10.1. The highest BCUT2D eigenvalue weighted by Gasteiger charge is 2.20. The minimum atomic E-state index is -3.31. The molecular weight excluding hydrogens is 314 g/mol. The molecule has 0 aromatic carbocycles. The minimum Gasteiger partial charge on any atom is -0.385 e. The average molecular weight is 343 g/mol. The summed E-state index contributed by atoms with van der Waals surface area (Å²) < 4.78 is 30.9. The zero-order valence-electron chi connectivity index (χ0n) is 14.3. The van der Waals surface area contributed by atoms with Crippen LogP contribution in [0.3, 0.4) is 0 Å². The summed E-state index contributed by atoms with van der Waals surface area (Å²) in [6.07, 6.45) is 10.1. The van der Waals surface area contributed by atoms with E-state index in [2.05, 4.69) is 9.88 Å². The molecule has 0 saturated carbocycles. The van der Waals surface area contributed by atoms with Crippen molar-refractivity contribution in [2.45, 2.75) is 56.8 Å². The van der Waals surface area contributed by atoms with Gasteiger partial charge in [0.05, 0.1) is 11.9 Å². The summed E-state index contributed by atoms with van der Waals surface area (Å²) in [5.41, 5.74) is 0.988. The van der Waals surface area contributed by atoms with Crippen LogP contribution in [0.5, 0.6) is 0 Å². The molecule has 0 N–H and O–H groups in total. The van der Waals surface area contributed by atoms with E-state index in [0.29, 0.717) is 13.2 Å². The van der Waals surface area contributed by atoms with Gasteiger partial charge < -0.3 is 9.30 Å². The molecule has 1 aliphatic rings. The van der Waals surface area contributed by atoms with Gasteiger partial charge in [0.1, 0.15) is 0 Å². The Labute approximate surface area is 139 Å². The molecule has 2 rings (SSSR count). The number of aromatic nitrogens is 2. The van der Waals surface area contributed by atoms with Gasteiger partial charge in [-0.2, -0.15) is 0 Å². The summed E-state index contributed by atoms with van der Waals surface area (Å²) in [6, 6.07) is 0. The maximum Gasteiger partial charge on any atom is 0.227 e. The van der Waals surface area contributed by atoms with Crippen LogP contribution in [0.1, 0.15) is 44.2 Å². The summed E-state index contributed by atoms with van der Waals surface area (Å²) in [7, 11) is -1.65. The predicted molar refractivity (Wildman–Crippen MR) is 90.2 cm³/mol. The quantitative estimate of drug-likeness (QED) is 0.709. The van der Waals surface area contributed by atoms with Gasteiger partial charge in [0.2, 0.25) is 15.0 Å². The van der Waals surface area contributed by atoms with E-state index in [1.807, 2.05) is 4.57 Å². The van der Waals surface area contributed by atoms with Gasteiger partial charge in [0.25, 0.3) is 0 Å². The maximum absolute atomic E-state index is 12.0. The number of imidazole rings is 1. The van der Waals surface area contributed by atoms with E-state index in [1.54, 1.807) is 13.3 Å². The summed E-state index contributed by atoms with van der Waals surface area (Å²) in [5.74, 6) is 0. The van der Waals surface area contributed by atoms with Gasteiger partial charge in [-0.05, 0) is 32.4 Å². The van der Waals surface area contributed by atoms with Crippen LogP contribution >= 0.6 is 0 Å². The predicted octanol–water partition coefficient (Wildman–Crippen LogP) is 2.09. The Hall–Kier alpha value is -0.920. The zero-order chi connectivity index (χ0) is 16.7. The lowest BCUT2D eigenvalue weighted by Crippen LogP contribution is -2.28. The lowest BCUT2D eigenvalue weighted by Gasteiger charge is -2.25. The van der Waals surface area contributed by atoms with Crippen LogP contribution in [0, 0.1) is 0 Å². The molecule has 1 fully saturated rings. The molecule has 0 bridgehead atoms. The largest absolute Gasteiger partial charge is 0.385 e. The van der Waals surface area contributed by atoms with Crippen molar-refractivity contribution in [2.24, 2.45) is 0 Å². The van der Waals surface area contributed by atoms with Gasteiger partial charge in [0, 0.05) is 33.1 Å². The van der Waals surface area contributed by atoms with Crippen molar-refractivity contribution in [3.8, 4) is 0 Å². The van der Waals surface area contributed by atoms with Crippen LogP contribution in [-0.2, 0) is 27.7 Å². The van der Waals surface area contributed by atoms with Gasteiger partial charge in [-0.25, -0.2) is 13.4 Å². The number of hydrogen-bond acceptors (Lipinski definition) is 5. The SMILES string of the molecule is COCCCn1c(CN2CCCCCCC2)cnc1S(C)(=O)=O. The van der Waals surface area contributed by atoms with Crippen LogP contribution < -0.4 is 0 Å². The smallest absolute Gasteiger partial charge is 0.227 e. The second kappa shape index (κ2) is 8.80. The Morgan fingerprint density at radius 2 is 1.83 bits per heavy atom. The molecule has 0 aliphatic carbocycles. The molecule has 0 spiro atoms. The summed E-state index contributed by atoms with van der Waals surface area (Å²) in [6.45, 7) is 4.17. The molecule has 0 amide bonds. The van der Waals surface area contributed by atoms with Crippen molar-refractivity contribution in [1.29, 1.82) is 0 Å². The molecule has 7 heteroatoms. The van der Waals surface area contributed by atoms with Gasteiger partial charge >= 0.3 is 0 Å². The Bertz CT molecular complexity index is 575. The third-order valence-electron chi connectivity index (χ3n) is 4.30. The van der Waals surface area contributed by atoms with Crippen molar-refractivity contribution < 1.29 is 13.2 Å². The number of ether oxygens (including phenoxy) is 1. The first-order chi connectivity index (χ1) is 11.0. The number of likely N-dealkylation sites (tertiary alicyclic amines) is 1. The Morgan fingerprint density at radius 3 is 2.43 bits per heavy atom. The van der Waals surface area contributed by atoms with Crippen molar-refractivity contribution >= 4 is 9.84 Å². The topological polar surface area (TPSA) is 64.4 Å². The molecule has 23 heavy (non-hydrogen) atoms. The third-order valence-corrected chi connectivity index (χ3v) is 5.29. The fourth-order valence-electron chi connectivity index (χ4n) is 3.12. The normalized spacial score (nSPS) is 17.8. The van der Waals surface area contributed by atoms with Crippen LogP contribution in [0.4, 0.5) is 0 Å². The summed E-state index contributed by atoms with van der Waals surface area (Å²) in [4.78, 5) is 6.61. The standard InChI is InChI=1S/C16H29N3O3S/c1-22-12-8-11-19-15(13-17-16(19)23(2,20)21)14-18-9-6-4-3-5-7-10-18/h13H,3-12,14H2,1-2H3. The molecule has 132 valence electrons. The van der Waals surface area contributed by atoms with E-state index in [4.69, 9.17) is 4.74 Å². The number of hydrogen-bond donors (Lipinski definition) is 0. The van der Waals surface area contributed by atoms with Crippen molar-refractivity contribution in [2.75, 3.05) is 33.1 Å². The van der Waals surface area contributed by atoms with Crippen LogP contribution in [0.2, 0.25) is 0 Å². The zero-order valence-corrected chi connectivity index (χ0v) is 15.1. The highest BCUT2D eigenvalue weighted by Crippen LogP contribution is 2.17. The van der Waals surface area contributed by atoms with E-state index in [-0.39, 0.29) is 5.16 Å². The fourth-order valence-corrected chi connectivity index (χ4v) is 3.97. The van der Waals surface area contributed by atoms with E-state index in [9.17, 15) is 8.42 Å². The highest BCUT2D eigenvalue weighted by molar-refractivity contribution is 7.90. The monoisotopic (exact) mass is 343 g/mol. The second-order valence-corrected chi connectivity index (χ2v) is 8.26. The van der Waals surface area contributed by atoms with E-state index in [1.165, 1.54) is 38.4 Å². The first kappa shape index (κ1) is 18.4.